The van der Waals surface area contributed by atoms with Crippen LogP contribution in [0.5, 0.6) is 0 Å². The van der Waals surface area contributed by atoms with Crippen molar-refractivity contribution in [1.29, 1.82) is 5.26 Å². The topological polar surface area (TPSA) is 91.3 Å². The molecular formula is C27H26N4O3S2. The average Bonchev–Trinajstić information content (AvgIpc) is 3.49. The van der Waals surface area contributed by atoms with Crippen molar-refractivity contribution in [3.05, 3.63) is 92.0 Å². The molecule has 0 atom stereocenters. The van der Waals surface area contributed by atoms with Crippen molar-refractivity contribution in [2.75, 3.05) is 5.32 Å². The fourth-order valence-corrected chi connectivity index (χ4v) is 5.23. The standard InChI is InChI=1S/C27H26N4O3S2/c1-3-4-12-30-24(29-16-19-9-6-5-7-10-19)21(18(2)22(15-28)25(30)32)14-23-26(33)31(27(35)36-23)17-20-11-8-13-34-20/h5-11,13-14,29H,3-4,12,16-17H2,1-2H3/b23-14+. The maximum absolute atomic E-state index is 13.3. The number of benzene rings is 1. The highest BCUT2D eigenvalue weighted by atomic mass is 32.2. The van der Waals surface area contributed by atoms with E-state index in [-0.39, 0.29) is 23.6 Å². The molecule has 0 saturated carbocycles. The number of furan rings is 1. The summed E-state index contributed by atoms with van der Waals surface area (Å²) >= 11 is 6.68. The number of carbonyl (C=O) groups excluding carboxylic acids is 1. The summed E-state index contributed by atoms with van der Waals surface area (Å²) in [5, 5.41) is 13.2. The second-order valence-electron chi connectivity index (χ2n) is 8.37. The van der Waals surface area contributed by atoms with Gasteiger partial charge in [-0.25, -0.2) is 0 Å². The smallest absolute Gasteiger partial charge is 0.270 e. The summed E-state index contributed by atoms with van der Waals surface area (Å²) in [6.45, 7) is 4.98. The van der Waals surface area contributed by atoms with Crippen molar-refractivity contribution in [1.82, 2.24) is 9.47 Å². The zero-order valence-corrected chi connectivity index (χ0v) is 21.7. The van der Waals surface area contributed by atoms with Gasteiger partial charge in [0.15, 0.2) is 0 Å². The number of nitrogens with one attached hydrogen (secondary N) is 1. The lowest BCUT2D eigenvalue weighted by Gasteiger charge is -2.20. The van der Waals surface area contributed by atoms with E-state index in [1.54, 1.807) is 36.0 Å². The molecule has 1 N–H and O–H groups in total. The van der Waals surface area contributed by atoms with E-state index < -0.39 is 0 Å². The maximum atomic E-state index is 13.3. The Balaban J connectivity index is 1.79. The molecule has 4 rings (SSSR count). The second-order valence-corrected chi connectivity index (χ2v) is 10.0. The summed E-state index contributed by atoms with van der Waals surface area (Å²) in [6.07, 6.45) is 4.96. The molecule has 2 aromatic heterocycles. The SMILES string of the molecule is CCCCn1c(NCc2ccccc2)c(/C=C2/SC(=S)N(Cc3ccco3)C2=O)c(C)c(C#N)c1=O. The van der Waals surface area contributed by atoms with E-state index in [0.717, 1.165) is 18.4 Å². The minimum absolute atomic E-state index is 0.0775. The van der Waals surface area contributed by atoms with E-state index in [2.05, 4.69) is 11.4 Å². The molecule has 7 nitrogen and oxygen atoms in total. The molecule has 3 heterocycles. The number of aromatic nitrogens is 1. The molecule has 184 valence electrons. The molecule has 1 aliphatic heterocycles. The molecule has 0 radical (unpaired) electrons. The first-order chi connectivity index (χ1) is 17.4. The van der Waals surface area contributed by atoms with E-state index in [9.17, 15) is 14.9 Å². The Morgan fingerprint density at radius 1 is 1.19 bits per heavy atom. The second kappa shape index (κ2) is 11.4. The average molecular weight is 519 g/mol. The van der Waals surface area contributed by atoms with Crippen LogP contribution in [0.2, 0.25) is 0 Å². The number of nitrogens with zero attached hydrogens (tertiary/aromatic N) is 3. The van der Waals surface area contributed by atoms with Crippen molar-refractivity contribution in [2.45, 2.75) is 46.3 Å². The molecule has 36 heavy (non-hydrogen) atoms. The first-order valence-electron chi connectivity index (χ1n) is 11.7. The number of nitriles is 1. The molecule has 1 fully saturated rings. The lowest BCUT2D eigenvalue weighted by atomic mass is 10.0. The lowest BCUT2D eigenvalue weighted by molar-refractivity contribution is -0.122. The number of thioether (sulfide) groups is 1. The van der Waals surface area contributed by atoms with Gasteiger partial charge in [-0.15, -0.1) is 0 Å². The molecule has 1 aromatic carbocycles. The van der Waals surface area contributed by atoms with E-state index >= 15 is 0 Å². The van der Waals surface area contributed by atoms with Gasteiger partial charge in [-0.2, -0.15) is 5.26 Å². The van der Waals surface area contributed by atoms with Crippen LogP contribution in [0, 0.1) is 18.3 Å². The highest BCUT2D eigenvalue weighted by Gasteiger charge is 2.33. The van der Waals surface area contributed by atoms with E-state index in [0.29, 0.717) is 45.0 Å². The van der Waals surface area contributed by atoms with Gasteiger partial charge < -0.3 is 9.73 Å². The number of thiocarbonyl (C=S) groups is 1. The third-order valence-corrected chi connectivity index (χ3v) is 7.33. The highest BCUT2D eigenvalue weighted by Crippen LogP contribution is 2.36. The van der Waals surface area contributed by atoms with Gasteiger partial charge in [0.2, 0.25) is 0 Å². The predicted molar refractivity (Wildman–Crippen MR) is 146 cm³/mol. The fourth-order valence-electron chi connectivity index (χ4n) is 3.99. The van der Waals surface area contributed by atoms with E-state index in [1.807, 2.05) is 37.3 Å². The molecular weight excluding hydrogens is 492 g/mol. The van der Waals surface area contributed by atoms with Crippen LogP contribution in [0.3, 0.4) is 0 Å². The van der Waals surface area contributed by atoms with Gasteiger partial charge in [0, 0.05) is 18.7 Å². The zero-order valence-electron chi connectivity index (χ0n) is 20.1. The molecule has 9 heteroatoms. The normalized spacial score (nSPS) is 14.5. The van der Waals surface area contributed by atoms with Crippen molar-refractivity contribution < 1.29 is 9.21 Å². The third kappa shape index (κ3) is 5.30. The Morgan fingerprint density at radius 2 is 1.97 bits per heavy atom. The largest absolute Gasteiger partial charge is 0.467 e. The summed E-state index contributed by atoms with van der Waals surface area (Å²) in [5.41, 5.74) is 1.96. The number of carbonyl (C=O) groups is 1. The van der Waals surface area contributed by atoms with Gasteiger partial charge in [0.1, 0.15) is 27.5 Å². The molecule has 0 spiro atoms. The number of pyridine rings is 1. The van der Waals surface area contributed by atoms with Crippen molar-refractivity contribution >= 4 is 46.1 Å². The van der Waals surface area contributed by atoms with Crippen molar-refractivity contribution in [2.24, 2.45) is 0 Å². The Labute approximate surface area is 219 Å². The van der Waals surface area contributed by atoms with Crippen LogP contribution in [-0.4, -0.2) is 19.7 Å². The number of amides is 1. The molecule has 1 saturated heterocycles. The minimum Gasteiger partial charge on any atom is -0.467 e. The Hall–Kier alpha value is -3.61. The quantitative estimate of drug-likeness (QED) is 0.298. The summed E-state index contributed by atoms with van der Waals surface area (Å²) < 4.78 is 7.44. The summed E-state index contributed by atoms with van der Waals surface area (Å²) in [4.78, 5) is 28.5. The van der Waals surface area contributed by atoms with Crippen molar-refractivity contribution in [3.8, 4) is 6.07 Å². The molecule has 1 amide bonds. The van der Waals surface area contributed by atoms with Crippen LogP contribution in [0.25, 0.3) is 6.08 Å². The summed E-state index contributed by atoms with van der Waals surface area (Å²) in [7, 11) is 0. The van der Waals surface area contributed by atoms with Gasteiger partial charge in [-0.05, 0) is 42.7 Å². The van der Waals surface area contributed by atoms with Gasteiger partial charge in [-0.3, -0.25) is 19.1 Å². The highest BCUT2D eigenvalue weighted by molar-refractivity contribution is 8.26. The molecule has 3 aromatic rings. The maximum Gasteiger partial charge on any atom is 0.270 e. The van der Waals surface area contributed by atoms with Crippen LogP contribution in [0.1, 0.15) is 47.8 Å². The van der Waals surface area contributed by atoms with Gasteiger partial charge in [0.25, 0.3) is 11.5 Å². The predicted octanol–water partition coefficient (Wildman–Crippen LogP) is 5.44. The molecule has 0 aliphatic carbocycles. The van der Waals surface area contributed by atoms with Gasteiger partial charge in [-0.1, -0.05) is 67.7 Å². The number of anilines is 1. The minimum atomic E-state index is -0.332. The molecule has 0 unspecified atom stereocenters. The monoisotopic (exact) mass is 518 g/mol. The lowest BCUT2D eigenvalue weighted by Crippen LogP contribution is -2.28. The van der Waals surface area contributed by atoms with Crippen LogP contribution >= 0.6 is 24.0 Å². The van der Waals surface area contributed by atoms with Gasteiger partial charge >= 0.3 is 0 Å². The van der Waals surface area contributed by atoms with Crippen LogP contribution < -0.4 is 10.9 Å². The van der Waals surface area contributed by atoms with E-state index in [4.69, 9.17) is 16.6 Å². The Morgan fingerprint density at radius 3 is 2.64 bits per heavy atom. The first-order valence-corrected chi connectivity index (χ1v) is 12.9. The molecule has 0 bridgehead atoms. The van der Waals surface area contributed by atoms with Crippen LogP contribution in [0.4, 0.5) is 5.82 Å². The summed E-state index contributed by atoms with van der Waals surface area (Å²) in [6, 6.07) is 15.5. The van der Waals surface area contributed by atoms with Crippen LogP contribution in [-0.2, 0) is 24.4 Å². The number of rotatable bonds is 9. The Kier molecular flexibility index (Phi) is 8.08. The Bertz CT molecular complexity index is 1400. The molecule has 1 aliphatic rings. The van der Waals surface area contributed by atoms with Crippen molar-refractivity contribution in [3.63, 3.8) is 0 Å². The number of hydrogen-bond acceptors (Lipinski definition) is 7. The zero-order chi connectivity index (χ0) is 25.7. The van der Waals surface area contributed by atoms with Gasteiger partial charge in [0.05, 0.1) is 17.7 Å². The van der Waals surface area contributed by atoms with Crippen LogP contribution in [0.15, 0.2) is 62.8 Å². The third-order valence-electron chi connectivity index (χ3n) is 5.96. The van der Waals surface area contributed by atoms with E-state index in [1.165, 1.54) is 16.7 Å². The number of hydrogen-bond donors (Lipinski definition) is 1. The summed E-state index contributed by atoms with van der Waals surface area (Å²) in [5.74, 6) is 0.985. The number of unbranched alkanes of at least 4 members (excludes halogenated alkanes) is 1. The fraction of sp³-hybridized carbons (Fsp3) is 0.259. The first kappa shape index (κ1) is 25.5.